The topological polar surface area (TPSA) is 79.8 Å². The van der Waals surface area contributed by atoms with Gasteiger partial charge in [-0.1, -0.05) is 24.3 Å². The van der Waals surface area contributed by atoms with E-state index >= 15 is 0 Å². The summed E-state index contributed by atoms with van der Waals surface area (Å²) in [5.74, 6) is -0.983. The predicted molar refractivity (Wildman–Crippen MR) is 124 cm³/mol. The van der Waals surface area contributed by atoms with Crippen LogP contribution in [0.3, 0.4) is 0 Å². The highest BCUT2D eigenvalue weighted by Crippen LogP contribution is 2.17. The molecule has 0 aliphatic rings. The average Bonchev–Trinajstić information content (AvgIpc) is 2.68. The zero-order valence-corrected chi connectivity index (χ0v) is 19.9. The Morgan fingerprint density at radius 2 is 1.70 bits per heavy atom. The Kier molecular flexibility index (Phi) is 11.0. The van der Waals surface area contributed by atoms with Gasteiger partial charge in [0.25, 0.3) is 0 Å². The van der Waals surface area contributed by atoms with Crippen molar-refractivity contribution in [1.29, 1.82) is 0 Å². The molecule has 166 valence electrons. The van der Waals surface area contributed by atoms with Crippen molar-refractivity contribution in [2.45, 2.75) is 24.8 Å². The first-order valence-corrected chi connectivity index (χ1v) is 10.9. The Morgan fingerprint density at radius 1 is 1.07 bits per heavy atom. The quantitative estimate of drug-likeness (QED) is 0.283. The summed E-state index contributed by atoms with van der Waals surface area (Å²) < 4.78 is 57.5. The second-order valence-electron chi connectivity index (χ2n) is 6.25. The number of halogens is 3. The first-order valence-electron chi connectivity index (χ1n) is 9.24. The third-order valence-corrected chi connectivity index (χ3v) is 5.59. The summed E-state index contributed by atoms with van der Waals surface area (Å²) in [7, 11) is -3.76. The average molecular weight is 553 g/mol. The number of para-hydroxylation sites is 1. The summed E-state index contributed by atoms with van der Waals surface area (Å²) >= 11 is 0. The molecule has 0 spiro atoms. The standard InChI is InChI=1S/C20H25F2N3O3S.HI/c1-3-23-20(25-14-15(2)28-18-10-6-4-8-16(18)21)24-12-13-29(26,27)19-11-7-5-9-17(19)22;/h4-11,15H,3,12-14H2,1-2H3,(H2,23,24,25);1H. The highest BCUT2D eigenvalue weighted by Gasteiger charge is 2.18. The normalized spacial score (nSPS) is 12.6. The molecule has 0 aliphatic heterocycles. The first-order chi connectivity index (χ1) is 13.8. The Balaban J connectivity index is 0.00000450. The van der Waals surface area contributed by atoms with Crippen molar-refractivity contribution in [3.63, 3.8) is 0 Å². The minimum Gasteiger partial charge on any atom is -0.486 e. The van der Waals surface area contributed by atoms with Gasteiger partial charge in [0.15, 0.2) is 27.4 Å². The van der Waals surface area contributed by atoms with Gasteiger partial charge >= 0.3 is 0 Å². The largest absolute Gasteiger partial charge is 0.486 e. The minimum absolute atomic E-state index is 0. The Labute approximate surface area is 193 Å². The van der Waals surface area contributed by atoms with Crippen molar-refractivity contribution in [1.82, 2.24) is 10.6 Å². The molecule has 2 aromatic carbocycles. The Hall–Kier alpha value is -1.95. The number of benzene rings is 2. The van der Waals surface area contributed by atoms with Crippen LogP contribution in [-0.4, -0.2) is 45.9 Å². The summed E-state index contributed by atoms with van der Waals surface area (Å²) in [5.41, 5.74) is 0. The van der Waals surface area contributed by atoms with E-state index in [1.807, 2.05) is 6.92 Å². The fraction of sp³-hybridized carbons (Fsp3) is 0.350. The fourth-order valence-electron chi connectivity index (χ4n) is 2.47. The maximum atomic E-state index is 13.7. The van der Waals surface area contributed by atoms with Gasteiger partial charge in [-0.25, -0.2) is 22.2 Å². The lowest BCUT2D eigenvalue weighted by Crippen LogP contribution is -2.40. The van der Waals surface area contributed by atoms with Crippen LogP contribution in [0.15, 0.2) is 58.4 Å². The minimum atomic E-state index is -3.76. The molecule has 0 saturated heterocycles. The number of nitrogens with zero attached hydrogens (tertiary/aromatic N) is 1. The zero-order chi connectivity index (χ0) is 21.3. The molecule has 10 heteroatoms. The van der Waals surface area contributed by atoms with Crippen LogP contribution in [0, 0.1) is 11.6 Å². The van der Waals surface area contributed by atoms with E-state index in [1.165, 1.54) is 30.3 Å². The Morgan fingerprint density at radius 3 is 2.33 bits per heavy atom. The molecule has 0 saturated carbocycles. The molecule has 0 heterocycles. The van der Waals surface area contributed by atoms with Gasteiger partial charge < -0.3 is 15.4 Å². The van der Waals surface area contributed by atoms with Crippen molar-refractivity contribution in [3.8, 4) is 5.75 Å². The van der Waals surface area contributed by atoms with E-state index in [9.17, 15) is 17.2 Å². The van der Waals surface area contributed by atoms with Gasteiger partial charge in [-0.05, 0) is 38.1 Å². The zero-order valence-electron chi connectivity index (χ0n) is 16.8. The SMILES string of the molecule is CCNC(=NCC(C)Oc1ccccc1F)NCCS(=O)(=O)c1ccccc1F.I. The van der Waals surface area contributed by atoms with Crippen LogP contribution in [-0.2, 0) is 9.84 Å². The smallest absolute Gasteiger partial charge is 0.191 e. The van der Waals surface area contributed by atoms with Gasteiger partial charge in [-0.15, -0.1) is 24.0 Å². The van der Waals surface area contributed by atoms with E-state index in [0.717, 1.165) is 6.07 Å². The number of hydrogen-bond donors (Lipinski definition) is 2. The highest BCUT2D eigenvalue weighted by molar-refractivity contribution is 14.0. The number of ether oxygens (including phenoxy) is 1. The molecule has 0 radical (unpaired) electrons. The molecule has 2 rings (SSSR count). The second kappa shape index (κ2) is 12.7. The molecule has 1 unspecified atom stereocenters. The van der Waals surface area contributed by atoms with Gasteiger partial charge in [-0.3, -0.25) is 0 Å². The number of rotatable bonds is 9. The molecule has 0 bridgehead atoms. The van der Waals surface area contributed by atoms with Crippen molar-refractivity contribution >= 4 is 39.8 Å². The van der Waals surface area contributed by atoms with E-state index in [1.54, 1.807) is 19.1 Å². The monoisotopic (exact) mass is 553 g/mol. The van der Waals surface area contributed by atoms with E-state index in [0.29, 0.717) is 12.5 Å². The number of nitrogens with one attached hydrogen (secondary N) is 2. The summed E-state index contributed by atoms with van der Waals surface area (Å²) in [6.45, 7) is 4.46. The maximum Gasteiger partial charge on any atom is 0.191 e. The first kappa shape index (κ1) is 26.1. The number of guanidine groups is 1. The molecule has 30 heavy (non-hydrogen) atoms. The van der Waals surface area contributed by atoms with Crippen LogP contribution in [0.25, 0.3) is 0 Å². The number of sulfone groups is 1. The molecule has 2 aromatic rings. The van der Waals surface area contributed by atoms with Crippen LogP contribution >= 0.6 is 24.0 Å². The van der Waals surface area contributed by atoms with Gasteiger partial charge in [0, 0.05) is 13.1 Å². The molecular formula is C20H26F2IN3O3S. The molecule has 0 aliphatic carbocycles. The lowest BCUT2D eigenvalue weighted by molar-refractivity contribution is 0.220. The third-order valence-electron chi connectivity index (χ3n) is 3.85. The lowest BCUT2D eigenvalue weighted by Gasteiger charge is -2.15. The van der Waals surface area contributed by atoms with Crippen LogP contribution in [0.1, 0.15) is 13.8 Å². The van der Waals surface area contributed by atoms with Crippen LogP contribution < -0.4 is 15.4 Å². The van der Waals surface area contributed by atoms with Gasteiger partial charge in [0.05, 0.1) is 12.3 Å². The third kappa shape index (κ3) is 8.05. The maximum absolute atomic E-state index is 13.7. The molecule has 1 atom stereocenters. The lowest BCUT2D eigenvalue weighted by atomic mass is 10.3. The van der Waals surface area contributed by atoms with Crippen LogP contribution in [0.4, 0.5) is 8.78 Å². The fourth-order valence-corrected chi connectivity index (χ4v) is 3.71. The molecule has 0 fully saturated rings. The van der Waals surface area contributed by atoms with E-state index in [4.69, 9.17) is 4.74 Å². The Bertz CT molecular complexity index is 942. The summed E-state index contributed by atoms with van der Waals surface area (Å²) in [4.78, 5) is 4.00. The van der Waals surface area contributed by atoms with Crippen molar-refractivity contribution < 1.29 is 21.9 Å². The van der Waals surface area contributed by atoms with Crippen molar-refractivity contribution in [2.24, 2.45) is 4.99 Å². The van der Waals surface area contributed by atoms with Gasteiger partial charge in [-0.2, -0.15) is 0 Å². The molecule has 0 aromatic heterocycles. The molecule has 0 amide bonds. The summed E-state index contributed by atoms with van der Waals surface area (Å²) in [5, 5.41) is 5.90. The van der Waals surface area contributed by atoms with Gasteiger partial charge in [0.2, 0.25) is 0 Å². The summed E-state index contributed by atoms with van der Waals surface area (Å²) in [6, 6.07) is 11.4. The molecule has 2 N–H and O–H groups in total. The highest BCUT2D eigenvalue weighted by atomic mass is 127. The second-order valence-corrected chi connectivity index (χ2v) is 8.33. The van der Waals surface area contributed by atoms with Crippen molar-refractivity contribution in [3.05, 3.63) is 60.2 Å². The van der Waals surface area contributed by atoms with Crippen molar-refractivity contribution in [2.75, 3.05) is 25.4 Å². The molecule has 6 nitrogen and oxygen atoms in total. The van der Waals surface area contributed by atoms with E-state index < -0.39 is 27.6 Å². The number of hydrogen-bond acceptors (Lipinski definition) is 4. The van der Waals surface area contributed by atoms with Crippen LogP contribution in [0.2, 0.25) is 0 Å². The van der Waals surface area contributed by atoms with Gasteiger partial charge in [0.1, 0.15) is 16.8 Å². The van der Waals surface area contributed by atoms with E-state index in [2.05, 4.69) is 15.6 Å². The molecular weight excluding hydrogens is 527 g/mol. The van der Waals surface area contributed by atoms with E-state index in [-0.39, 0.29) is 53.5 Å². The predicted octanol–water partition coefficient (Wildman–Crippen LogP) is 3.38. The number of aliphatic imine (C=N–C) groups is 1. The summed E-state index contributed by atoms with van der Waals surface area (Å²) in [6.07, 6.45) is -0.399. The van der Waals surface area contributed by atoms with Crippen LogP contribution in [0.5, 0.6) is 5.75 Å².